The van der Waals surface area contributed by atoms with E-state index in [-0.39, 0.29) is 5.41 Å². The third kappa shape index (κ3) is 2.06. The molecule has 1 aromatic carbocycles. The van der Waals surface area contributed by atoms with Crippen LogP contribution in [0.2, 0.25) is 0 Å². The van der Waals surface area contributed by atoms with Crippen LogP contribution in [-0.2, 0) is 24.6 Å². The average molecular weight is 227 g/mol. The van der Waals surface area contributed by atoms with Crippen molar-refractivity contribution in [1.82, 2.24) is 0 Å². The Morgan fingerprint density at radius 2 is 1.73 bits per heavy atom. The summed E-state index contributed by atoms with van der Waals surface area (Å²) in [6.07, 6.45) is 0. The van der Waals surface area contributed by atoms with Crippen molar-refractivity contribution in [3.05, 3.63) is 35.9 Å². The van der Waals surface area contributed by atoms with Gasteiger partial charge in [0.05, 0.1) is 0 Å². The first-order chi connectivity index (χ1) is 5.17. The van der Waals surface area contributed by atoms with E-state index in [9.17, 15) is 0 Å². The molecule has 0 unspecified atom stereocenters. The van der Waals surface area contributed by atoms with Crippen LogP contribution in [0.1, 0.15) is 19.4 Å². The summed E-state index contributed by atoms with van der Waals surface area (Å²) >= 11 is 1.91. The van der Waals surface area contributed by atoms with E-state index in [1.807, 2.05) is 25.2 Å². The molecule has 0 radical (unpaired) electrons. The molecule has 0 spiro atoms. The first-order valence-electron chi connectivity index (χ1n) is 3.61. The van der Waals surface area contributed by atoms with E-state index in [0.29, 0.717) is 0 Å². The van der Waals surface area contributed by atoms with Gasteiger partial charge in [-0.05, 0) is 0 Å². The third-order valence-corrected chi connectivity index (χ3v) is 3.00. The van der Waals surface area contributed by atoms with Gasteiger partial charge >= 0.3 is 78.5 Å². The molecule has 56 valence electrons. The molecule has 11 heavy (non-hydrogen) atoms. The molecule has 0 nitrogen and oxygen atoms in total. The minimum atomic E-state index is 0.0890. The van der Waals surface area contributed by atoms with E-state index in [2.05, 4.69) is 42.3 Å². The van der Waals surface area contributed by atoms with Crippen LogP contribution in [-0.4, -0.2) is 0 Å². The Labute approximate surface area is 78.6 Å². The van der Waals surface area contributed by atoms with E-state index in [0.717, 1.165) is 0 Å². The number of hydrogen-bond acceptors (Lipinski definition) is 0. The van der Waals surface area contributed by atoms with E-state index in [4.69, 9.17) is 0 Å². The minimum absolute atomic E-state index is 0.0890. The topological polar surface area (TPSA) is 0 Å². The van der Waals surface area contributed by atoms with E-state index < -0.39 is 0 Å². The van der Waals surface area contributed by atoms with Crippen LogP contribution in [0.4, 0.5) is 0 Å². The van der Waals surface area contributed by atoms with Gasteiger partial charge in [-0.3, -0.25) is 0 Å². The molecule has 0 aliphatic rings. The molecular weight excluding hydrogens is 216 g/mol. The average Bonchev–Trinajstić information content (AvgIpc) is 2.06. The van der Waals surface area contributed by atoms with E-state index >= 15 is 0 Å². The Bertz CT molecular complexity index is 267. The zero-order valence-corrected chi connectivity index (χ0v) is 8.80. The summed E-state index contributed by atoms with van der Waals surface area (Å²) in [5, 5.41) is 0. The second kappa shape index (κ2) is 3.39. The van der Waals surface area contributed by atoms with Crippen molar-refractivity contribution in [1.29, 1.82) is 0 Å². The van der Waals surface area contributed by atoms with Crippen LogP contribution in [0.15, 0.2) is 30.3 Å². The molecule has 0 amide bonds. The summed E-state index contributed by atoms with van der Waals surface area (Å²) < 4.78 is 3.27. The standard InChI is InChI=1S/C10H11.Mo/c1-10(2,3)9-7-5-4-6-8-9;/h4-8H,1-2H3;/q;+1. The summed E-state index contributed by atoms with van der Waals surface area (Å²) in [6, 6.07) is 10.4. The SMILES string of the molecule is CC(C)([C]#[Mo+])c1ccccc1. The zero-order valence-electron chi connectivity index (χ0n) is 6.79. The molecule has 0 heterocycles. The second-order valence-corrected chi connectivity index (χ2v) is 3.59. The number of benzene rings is 1. The van der Waals surface area contributed by atoms with Crippen molar-refractivity contribution < 1.29 is 19.2 Å². The molecule has 0 saturated carbocycles. The Hall–Kier alpha value is -0.312. The van der Waals surface area contributed by atoms with E-state index in [1.54, 1.807) is 0 Å². The van der Waals surface area contributed by atoms with Gasteiger partial charge in [0.2, 0.25) is 0 Å². The van der Waals surface area contributed by atoms with Gasteiger partial charge in [0, 0.05) is 0 Å². The molecule has 1 rings (SSSR count). The predicted molar refractivity (Wildman–Crippen MR) is 43.4 cm³/mol. The molecule has 0 aromatic heterocycles. The summed E-state index contributed by atoms with van der Waals surface area (Å²) in [6.45, 7) is 4.34. The predicted octanol–water partition coefficient (Wildman–Crippen LogP) is 2.47. The first-order valence-corrected chi connectivity index (χ1v) is 4.62. The number of rotatable bonds is 1. The number of hydrogen-bond donors (Lipinski definition) is 0. The second-order valence-electron chi connectivity index (χ2n) is 3.09. The van der Waals surface area contributed by atoms with Crippen LogP contribution >= 0.6 is 0 Å². The third-order valence-electron chi connectivity index (χ3n) is 1.75. The molecule has 1 aromatic rings. The van der Waals surface area contributed by atoms with Gasteiger partial charge in [-0.25, -0.2) is 0 Å². The Kier molecular flexibility index (Phi) is 2.71. The van der Waals surface area contributed by atoms with Gasteiger partial charge in [-0.2, -0.15) is 0 Å². The maximum absolute atomic E-state index is 3.27. The van der Waals surface area contributed by atoms with Gasteiger partial charge in [0.15, 0.2) is 0 Å². The fraction of sp³-hybridized carbons (Fsp3) is 0.300. The van der Waals surface area contributed by atoms with Crippen molar-refractivity contribution in [3.8, 4) is 4.20 Å². The van der Waals surface area contributed by atoms with Crippen LogP contribution in [0.25, 0.3) is 0 Å². The molecular formula is C10H11Mo+. The van der Waals surface area contributed by atoms with Gasteiger partial charge in [0.1, 0.15) is 0 Å². The molecule has 0 aliphatic heterocycles. The van der Waals surface area contributed by atoms with Crippen LogP contribution < -0.4 is 0 Å². The zero-order chi connectivity index (χ0) is 8.32. The van der Waals surface area contributed by atoms with Crippen molar-refractivity contribution in [2.45, 2.75) is 19.3 Å². The fourth-order valence-corrected chi connectivity index (χ4v) is 1.20. The molecule has 0 aliphatic carbocycles. The van der Waals surface area contributed by atoms with Crippen molar-refractivity contribution in [2.75, 3.05) is 0 Å². The quantitative estimate of drug-likeness (QED) is 0.646. The Morgan fingerprint density at radius 1 is 1.18 bits per heavy atom. The van der Waals surface area contributed by atoms with Gasteiger partial charge in [0.25, 0.3) is 0 Å². The fourth-order valence-electron chi connectivity index (χ4n) is 0.914. The molecule has 0 saturated heterocycles. The summed E-state index contributed by atoms with van der Waals surface area (Å²) in [7, 11) is 0. The van der Waals surface area contributed by atoms with E-state index in [1.165, 1.54) is 5.56 Å². The summed E-state index contributed by atoms with van der Waals surface area (Å²) in [4.78, 5) is 0. The van der Waals surface area contributed by atoms with Crippen LogP contribution in [0, 0.1) is 4.20 Å². The summed E-state index contributed by atoms with van der Waals surface area (Å²) in [5.74, 6) is 0. The summed E-state index contributed by atoms with van der Waals surface area (Å²) in [5.41, 5.74) is 1.41. The molecule has 0 bridgehead atoms. The van der Waals surface area contributed by atoms with Crippen LogP contribution in [0.3, 0.4) is 0 Å². The molecule has 0 fully saturated rings. The molecule has 0 N–H and O–H groups in total. The van der Waals surface area contributed by atoms with Gasteiger partial charge in [-0.1, -0.05) is 0 Å². The molecule has 1 heteroatoms. The van der Waals surface area contributed by atoms with Gasteiger partial charge < -0.3 is 0 Å². The molecule has 0 atom stereocenters. The first kappa shape index (κ1) is 8.78. The monoisotopic (exact) mass is 229 g/mol. The van der Waals surface area contributed by atoms with Crippen LogP contribution in [0.5, 0.6) is 0 Å². The Balaban J connectivity index is 3.05. The van der Waals surface area contributed by atoms with Crippen molar-refractivity contribution in [2.24, 2.45) is 0 Å². The Morgan fingerprint density at radius 3 is 2.18 bits per heavy atom. The normalized spacial score (nSPS) is 10.6. The van der Waals surface area contributed by atoms with Gasteiger partial charge in [-0.15, -0.1) is 0 Å². The van der Waals surface area contributed by atoms with Crippen molar-refractivity contribution in [3.63, 3.8) is 0 Å². The van der Waals surface area contributed by atoms with Crippen molar-refractivity contribution >= 4 is 0 Å². The maximum atomic E-state index is 3.27.